The smallest absolute Gasteiger partial charge is 0.335 e. The van der Waals surface area contributed by atoms with Gasteiger partial charge in [0.25, 0.3) is 0 Å². The average Bonchev–Trinajstić information content (AvgIpc) is 3.36. The van der Waals surface area contributed by atoms with E-state index < -0.39 is 5.97 Å². The van der Waals surface area contributed by atoms with Crippen LogP contribution in [0.3, 0.4) is 0 Å². The van der Waals surface area contributed by atoms with Gasteiger partial charge in [-0.2, -0.15) is 0 Å². The summed E-state index contributed by atoms with van der Waals surface area (Å²) in [6, 6.07) is 18.7. The molecule has 6 nitrogen and oxygen atoms in total. The number of ether oxygens (including phenoxy) is 1. The van der Waals surface area contributed by atoms with Crippen molar-refractivity contribution in [1.29, 1.82) is 0 Å². The number of hydrogen-bond donors (Lipinski definition) is 2. The number of nitrogens with zero attached hydrogens (tertiary/aromatic N) is 2. The van der Waals surface area contributed by atoms with E-state index in [-0.39, 0.29) is 5.56 Å². The third kappa shape index (κ3) is 5.75. The number of nitrogens with one attached hydrogen (secondary N) is 1. The van der Waals surface area contributed by atoms with Crippen LogP contribution in [-0.2, 0) is 12.8 Å². The molecule has 0 spiro atoms. The fourth-order valence-corrected chi connectivity index (χ4v) is 4.54. The third-order valence-electron chi connectivity index (χ3n) is 5.58. The lowest BCUT2D eigenvalue weighted by Gasteiger charge is -2.15. The Bertz CT molecular complexity index is 1340. The number of thiophene rings is 1. The van der Waals surface area contributed by atoms with Gasteiger partial charge in [-0.1, -0.05) is 32.1 Å². The van der Waals surface area contributed by atoms with Crippen molar-refractivity contribution in [2.45, 2.75) is 26.7 Å². The van der Waals surface area contributed by atoms with Gasteiger partial charge in [0.1, 0.15) is 11.6 Å². The molecule has 0 aliphatic carbocycles. The van der Waals surface area contributed by atoms with Crippen LogP contribution in [0.15, 0.2) is 60.7 Å². The molecule has 178 valence electrons. The molecule has 2 aromatic carbocycles. The molecule has 2 aromatic heterocycles. The second-order valence-corrected chi connectivity index (χ2v) is 8.96. The topological polar surface area (TPSA) is 84.3 Å². The highest BCUT2D eigenvalue weighted by molar-refractivity contribution is 7.16. The lowest BCUT2D eigenvalue weighted by Crippen LogP contribution is -2.07. The number of hydrogen-bond acceptors (Lipinski definition) is 6. The van der Waals surface area contributed by atoms with Crippen molar-refractivity contribution in [2.24, 2.45) is 0 Å². The molecule has 35 heavy (non-hydrogen) atoms. The van der Waals surface area contributed by atoms with E-state index >= 15 is 0 Å². The standard InChI is InChI=1S/C28H27N3O3S/c1-4-23-24(5-2)30-27(31-26(23)29-20-11-9-19(10-12-20)28(32)33)25-17-16-22(35-25)15-8-18-6-13-21(34-3)14-7-18/h6-17H,4-5H2,1-3H3,(H,32,33)(H,29,30,31). The van der Waals surface area contributed by atoms with Gasteiger partial charge < -0.3 is 15.2 Å². The molecule has 0 saturated carbocycles. The van der Waals surface area contributed by atoms with Gasteiger partial charge in [-0.05, 0) is 73.0 Å². The molecular weight excluding hydrogens is 458 g/mol. The number of aromatic nitrogens is 2. The first kappa shape index (κ1) is 24.2. The van der Waals surface area contributed by atoms with Crippen LogP contribution in [0.4, 0.5) is 11.5 Å². The number of aromatic carboxylic acids is 1. The molecule has 4 aromatic rings. The van der Waals surface area contributed by atoms with Gasteiger partial charge in [-0.25, -0.2) is 14.8 Å². The molecule has 7 heteroatoms. The maximum Gasteiger partial charge on any atom is 0.335 e. The molecule has 0 fully saturated rings. The Morgan fingerprint density at radius 1 is 0.971 bits per heavy atom. The SMILES string of the molecule is CCc1nc(-c2ccc(C=Cc3ccc(OC)cc3)s2)nc(Nc2ccc(C(=O)O)cc2)c1CC. The van der Waals surface area contributed by atoms with Crippen LogP contribution in [0.5, 0.6) is 5.75 Å². The minimum absolute atomic E-state index is 0.248. The molecule has 0 aliphatic rings. The van der Waals surface area contributed by atoms with Gasteiger partial charge in [0, 0.05) is 21.8 Å². The second-order valence-electron chi connectivity index (χ2n) is 7.84. The number of carboxylic acid groups (broad SMARTS) is 1. The lowest BCUT2D eigenvalue weighted by atomic mass is 10.1. The highest BCUT2D eigenvalue weighted by Crippen LogP contribution is 2.31. The zero-order valence-electron chi connectivity index (χ0n) is 19.9. The monoisotopic (exact) mass is 485 g/mol. The van der Waals surface area contributed by atoms with Gasteiger partial charge >= 0.3 is 5.97 Å². The second kappa shape index (κ2) is 11.0. The summed E-state index contributed by atoms with van der Waals surface area (Å²) < 4.78 is 5.22. The average molecular weight is 486 g/mol. The summed E-state index contributed by atoms with van der Waals surface area (Å²) in [4.78, 5) is 23.0. The summed E-state index contributed by atoms with van der Waals surface area (Å²) in [6.07, 6.45) is 5.74. The summed E-state index contributed by atoms with van der Waals surface area (Å²) in [7, 11) is 1.66. The zero-order valence-corrected chi connectivity index (χ0v) is 20.7. The highest BCUT2D eigenvalue weighted by Gasteiger charge is 2.15. The van der Waals surface area contributed by atoms with Crippen LogP contribution in [-0.4, -0.2) is 28.2 Å². The Balaban J connectivity index is 1.61. The van der Waals surface area contributed by atoms with Gasteiger partial charge in [-0.3, -0.25) is 0 Å². The van der Waals surface area contributed by atoms with Gasteiger partial charge in [0.05, 0.1) is 17.6 Å². The van der Waals surface area contributed by atoms with Gasteiger partial charge in [-0.15, -0.1) is 11.3 Å². The van der Waals surface area contributed by atoms with E-state index in [0.29, 0.717) is 5.82 Å². The highest BCUT2D eigenvalue weighted by atomic mass is 32.1. The Hall–Kier alpha value is -3.97. The maximum atomic E-state index is 11.2. The fraction of sp³-hybridized carbons (Fsp3) is 0.179. The number of carboxylic acids is 1. The summed E-state index contributed by atoms with van der Waals surface area (Å²) in [5.41, 5.74) is 4.20. The Labute approximate surface area is 209 Å². The normalized spacial score (nSPS) is 11.1. The molecule has 4 rings (SSSR count). The predicted molar refractivity (Wildman–Crippen MR) is 143 cm³/mol. The summed E-state index contributed by atoms with van der Waals surface area (Å²) in [5, 5.41) is 12.5. The van der Waals surface area contributed by atoms with Gasteiger partial charge in [0.15, 0.2) is 5.82 Å². The number of methoxy groups -OCH3 is 1. The van der Waals surface area contributed by atoms with E-state index in [0.717, 1.165) is 56.7 Å². The van der Waals surface area contributed by atoms with Crippen LogP contribution in [0, 0.1) is 0 Å². The minimum atomic E-state index is -0.946. The summed E-state index contributed by atoms with van der Waals surface area (Å²) >= 11 is 1.64. The molecule has 0 radical (unpaired) electrons. The van der Waals surface area contributed by atoms with Crippen molar-refractivity contribution >= 4 is 41.0 Å². The van der Waals surface area contributed by atoms with Crippen LogP contribution < -0.4 is 10.1 Å². The summed E-state index contributed by atoms with van der Waals surface area (Å²) in [6.45, 7) is 4.18. The van der Waals surface area contributed by atoms with Crippen molar-refractivity contribution in [2.75, 3.05) is 12.4 Å². The Morgan fingerprint density at radius 2 is 1.71 bits per heavy atom. The van der Waals surface area contributed by atoms with Crippen molar-refractivity contribution in [3.63, 3.8) is 0 Å². The van der Waals surface area contributed by atoms with Crippen molar-refractivity contribution in [3.8, 4) is 16.5 Å². The van der Waals surface area contributed by atoms with E-state index in [1.807, 2.05) is 30.3 Å². The Kier molecular flexibility index (Phi) is 7.57. The maximum absolute atomic E-state index is 11.2. The van der Waals surface area contributed by atoms with Crippen molar-refractivity contribution in [3.05, 3.63) is 87.9 Å². The van der Waals surface area contributed by atoms with Gasteiger partial charge in [0.2, 0.25) is 0 Å². The molecule has 0 bridgehead atoms. The van der Waals surface area contributed by atoms with E-state index in [4.69, 9.17) is 19.8 Å². The molecule has 0 unspecified atom stereocenters. The van der Waals surface area contributed by atoms with E-state index in [2.05, 4.69) is 37.4 Å². The van der Waals surface area contributed by atoms with Crippen LogP contribution >= 0.6 is 11.3 Å². The number of rotatable bonds is 9. The Morgan fingerprint density at radius 3 is 2.34 bits per heavy atom. The number of anilines is 2. The molecule has 0 saturated heterocycles. The quantitative estimate of drug-likeness (QED) is 0.267. The minimum Gasteiger partial charge on any atom is -0.497 e. The number of aryl methyl sites for hydroxylation is 1. The third-order valence-corrected chi connectivity index (χ3v) is 6.63. The van der Waals surface area contributed by atoms with Crippen LogP contribution in [0.1, 0.15) is 45.9 Å². The largest absolute Gasteiger partial charge is 0.497 e. The molecular formula is C28H27N3O3S. The molecule has 0 amide bonds. The van der Waals surface area contributed by atoms with E-state index in [1.54, 1.807) is 42.7 Å². The zero-order chi connectivity index (χ0) is 24.8. The fourth-order valence-electron chi connectivity index (χ4n) is 3.70. The molecule has 2 N–H and O–H groups in total. The lowest BCUT2D eigenvalue weighted by molar-refractivity contribution is 0.0697. The van der Waals surface area contributed by atoms with Crippen molar-refractivity contribution in [1.82, 2.24) is 9.97 Å². The number of carbonyl (C=O) groups is 1. The number of benzene rings is 2. The van der Waals surface area contributed by atoms with Crippen LogP contribution in [0.25, 0.3) is 22.9 Å². The van der Waals surface area contributed by atoms with E-state index in [1.165, 1.54) is 0 Å². The summed E-state index contributed by atoms with van der Waals surface area (Å²) in [5.74, 6) is 1.32. The molecule has 0 aliphatic heterocycles. The van der Waals surface area contributed by atoms with E-state index in [9.17, 15) is 4.79 Å². The molecule has 2 heterocycles. The first-order valence-corrected chi connectivity index (χ1v) is 12.2. The van der Waals surface area contributed by atoms with Crippen LogP contribution in [0.2, 0.25) is 0 Å². The molecule has 0 atom stereocenters. The predicted octanol–water partition coefficient (Wildman–Crippen LogP) is 6.95. The first-order chi connectivity index (χ1) is 17.0. The first-order valence-electron chi connectivity index (χ1n) is 11.4. The van der Waals surface area contributed by atoms with Crippen molar-refractivity contribution < 1.29 is 14.6 Å².